The summed E-state index contributed by atoms with van der Waals surface area (Å²) in [6.45, 7) is 6.18. The van der Waals surface area contributed by atoms with E-state index >= 15 is 0 Å². The van der Waals surface area contributed by atoms with E-state index in [2.05, 4.69) is 20.8 Å². The maximum Gasteiger partial charge on any atom is 0.270 e. The molecule has 0 spiro atoms. The van der Waals surface area contributed by atoms with Crippen LogP contribution in [0.4, 0.5) is 5.69 Å². The molecule has 8 nitrogen and oxygen atoms in total. The van der Waals surface area contributed by atoms with Gasteiger partial charge in [-0.25, -0.2) is 0 Å². The van der Waals surface area contributed by atoms with Gasteiger partial charge in [-0.1, -0.05) is 26.8 Å². The summed E-state index contributed by atoms with van der Waals surface area (Å²) >= 11 is 0. The Bertz CT molecular complexity index is 1010. The fourth-order valence-electron chi connectivity index (χ4n) is 4.05. The monoisotopic (exact) mass is 414 g/mol. The van der Waals surface area contributed by atoms with Crippen molar-refractivity contribution >= 4 is 5.69 Å². The van der Waals surface area contributed by atoms with Gasteiger partial charge in [0.25, 0.3) is 5.69 Å². The van der Waals surface area contributed by atoms with Crippen molar-refractivity contribution in [2.75, 3.05) is 14.2 Å². The molecule has 1 atom stereocenters. The van der Waals surface area contributed by atoms with Gasteiger partial charge in [0.05, 0.1) is 24.7 Å². The zero-order valence-corrected chi connectivity index (χ0v) is 17.9. The Balaban J connectivity index is 2.31. The minimum Gasteiger partial charge on any atom is -0.496 e. The highest BCUT2D eigenvalue weighted by Gasteiger charge is 2.34. The highest BCUT2D eigenvalue weighted by Crippen LogP contribution is 2.42. The summed E-state index contributed by atoms with van der Waals surface area (Å²) in [7, 11) is 3.01. The van der Waals surface area contributed by atoms with Crippen molar-refractivity contribution in [2.24, 2.45) is 0 Å². The second kappa shape index (κ2) is 7.93. The topological polar surface area (TPSA) is 105 Å². The van der Waals surface area contributed by atoms with Gasteiger partial charge in [-0.2, -0.15) is 0 Å². The molecule has 3 rings (SSSR count). The highest BCUT2D eigenvalue weighted by molar-refractivity contribution is 5.54. The van der Waals surface area contributed by atoms with Crippen LogP contribution in [-0.2, 0) is 24.7 Å². The van der Waals surface area contributed by atoms with E-state index in [1.165, 1.54) is 26.4 Å². The minimum absolute atomic E-state index is 0.0335. The van der Waals surface area contributed by atoms with E-state index in [9.17, 15) is 20.2 Å². The van der Waals surface area contributed by atoms with Crippen LogP contribution >= 0.6 is 0 Å². The maximum atomic E-state index is 12.1. The third kappa shape index (κ3) is 3.94. The summed E-state index contributed by atoms with van der Waals surface area (Å²) < 4.78 is 11.2. The minimum atomic E-state index is -1.12. The molecule has 0 aliphatic heterocycles. The van der Waals surface area contributed by atoms with Crippen molar-refractivity contribution in [3.05, 3.63) is 72.3 Å². The summed E-state index contributed by atoms with van der Waals surface area (Å²) in [6.07, 6.45) is 0.972. The largest absolute Gasteiger partial charge is 0.496 e. The zero-order chi connectivity index (χ0) is 22.2. The maximum absolute atomic E-state index is 12.1. The summed E-state index contributed by atoms with van der Waals surface area (Å²) in [4.78, 5) is 22.8. The molecule has 1 unspecified atom stereocenters. The van der Waals surface area contributed by atoms with Gasteiger partial charge >= 0.3 is 0 Å². The first-order chi connectivity index (χ1) is 14.1. The van der Waals surface area contributed by atoms with Gasteiger partial charge in [-0.15, -0.1) is 0 Å². The predicted octanol–water partition coefficient (Wildman–Crippen LogP) is 4.57. The van der Waals surface area contributed by atoms with Gasteiger partial charge in [-0.3, -0.25) is 20.2 Å². The van der Waals surface area contributed by atoms with Crippen molar-refractivity contribution in [2.45, 2.75) is 51.5 Å². The molecule has 0 radical (unpaired) electrons. The number of non-ortho nitro benzene ring substituents is 1. The van der Waals surface area contributed by atoms with Crippen molar-refractivity contribution < 1.29 is 19.3 Å². The van der Waals surface area contributed by atoms with Crippen LogP contribution in [0.3, 0.4) is 0 Å². The molecule has 8 heteroatoms. The van der Waals surface area contributed by atoms with E-state index in [1.54, 1.807) is 0 Å². The summed E-state index contributed by atoms with van der Waals surface area (Å²) in [5, 5.41) is 23.6. The van der Waals surface area contributed by atoms with Crippen LogP contribution in [0.1, 0.15) is 54.6 Å². The number of ether oxygens (including phenoxy) is 2. The lowest BCUT2D eigenvalue weighted by atomic mass is 9.81. The van der Waals surface area contributed by atoms with Gasteiger partial charge in [0.2, 0.25) is 6.04 Å². The SMILES string of the molecule is COc1c2cc([N+](=O)[O-])cc1CC([N+](=O)[O-])c1cc(C(C)(C)C)cc(c1OC)CC2. The van der Waals surface area contributed by atoms with Crippen LogP contribution < -0.4 is 9.47 Å². The molecule has 30 heavy (non-hydrogen) atoms. The van der Waals surface area contributed by atoms with Crippen molar-refractivity contribution in [1.29, 1.82) is 0 Å². The summed E-state index contributed by atoms with van der Waals surface area (Å²) in [5.74, 6) is 0.996. The molecule has 160 valence electrons. The Morgan fingerprint density at radius 1 is 0.900 bits per heavy atom. The molecule has 1 aliphatic carbocycles. The Labute approximate surface area is 175 Å². The number of hydrogen-bond acceptors (Lipinski definition) is 6. The Morgan fingerprint density at radius 3 is 1.97 bits per heavy atom. The first-order valence-corrected chi connectivity index (χ1v) is 9.75. The van der Waals surface area contributed by atoms with Crippen LogP contribution in [0, 0.1) is 20.2 Å². The smallest absolute Gasteiger partial charge is 0.270 e. The standard InChI is InChI=1S/C22H26N2O6/c1-22(2,3)16-8-13-6-7-14-9-17(23(25)26)10-15(20(14)29-4)11-19(24(27)28)18(12-16)21(13)30-5/h8-10,12,19H,6-7,11H2,1-5H3. The zero-order valence-electron chi connectivity index (χ0n) is 17.9. The van der Waals surface area contributed by atoms with Crippen LogP contribution in [0.2, 0.25) is 0 Å². The van der Waals surface area contributed by atoms with E-state index in [-0.39, 0.29) is 22.4 Å². The van der Waals surface area contributed by atoms with E-state index in [0.717, 1.165) is 11.1 Å². The second-order valence-electron chi connectivity index (χ2n) is 8.57. The van der Waals surface area contributed by atoms with Crippen LogP contribution in [0.5, 0.6) is 11.5 Å². The first-order valence-electron chi connectivity index (χ1n) is 9.75. The number of rotatable bonds is 4. The normalized spacial score (nSPS) is 16.0. The van der Waals surface area contributed by atoms with E-state index in [1.807, 2.05) is 12.1 Å². The fraction of sp³-hybridized carbons (Fsp3) is 0.455. The number of nitrogens with zero attached hydrogens (tertiary/aromatic N) is 2. The molecule has 0 N–H and O–H groups in total. The average Bonchev–Trinajstić information content (AvgIpc) is 2.67. The number of hydrogen-bond donors (Lipinski definition) is 0. The lowest BCUT2D eigenvalue weighted by Crippen LogP contribution is -2.20. The molecule has 0 saturated carbocycles. The van der Waals surface area contributed by atoms with Gasteiger partial charge in [0.15, 0.2) is 0 Å². The van der Waals surface area contributed by atoms with Gasteiger partial charge in [0.1, 0.15) is 11.5 Å². The molecule has 0 heterocycles. The van der Waals surface area contributed by atoms with E-state index in [0.29, 0.717) is 41.0 Å². The molecule has 4 bridgehead atoms. The van der Waals surface area contributed by atoms with Gasteiger partial charge in [0, 0.05) is 34.6 Å². The molecule has 2 aromatic carbocycles. The Hall–Kier alpha value is -3.16. The number of methoxy groups -OCH3 is 2. The summed E-state index contributed by atoms with van der Waals surface area (Å²) in [5.41, 5.74) is 3.15. The molecule has 0 fully saturated rings. The molecule has 2 aromatic rings. The average molecular weight is 414 g/mol. The van der Waals surface area contributed by atoms with Crippen LogP contribution in [0.15, 0.2) is 24.3 Å². The molecular weight excluding hydrogens is 388 g/mol. The van der Waals surface area contributed by atoms with Crippen molar-refractivity contribution in [3.8, 4) is 11.5 Å². The molecule has 0 saturated heterocycles. The Morgan fingerprint density at radius 2 is 1.47 bits per heavy atom. The molecule has 0 aromatic heterocycles. The second-order valence-corrected chi connectivity index (χ2v) is 8.57. The number of fused-ring (bicyclic) bond motifs is 4. The molecule has 1 aliphatic rings. The lowest BCUT2D eigenvalue weighted by Gasteiger charge is -2.26. The number of nitro benzene ring substituents is 1. The summed E-state index contributed by atoms with van der Waals surface area (Å²) in [6, 6.07) is 5.60. The van der Waals surface area contributed by atoms with E-state index in [4.69, 9.17) is 9.47 Å². The lowest BCUT2D eigenvalue weighted by molar-refractivity contribution is -0.528. The van der Waals surface area contributed by atoms with Gasteiger partial charge < -0.3 is 9.47 Å². The predicted molar refractivity (Wildman–Crippen MR) is 112 cm³/mol. The van der Waals surface area contributed by atoms with Crippen molar-refractivity contribution in [3.63, 3.8) is 0 Å². The van der Waals surface area contributed by atoms with Gasteiger partial charge in [-0.05, 0) is 35.4 Å². The van der Waals surface area contributed by atoms with Crippen LogP contribution in [0.25, 0.3) is 0 Å². The first kappa shape index (κ1) is 21.5. The third-order valence-electron chi connectivity index (χ3n) is 5.60. The Kier molecular flexibility index (Phi) is 5.70. The molecular formula is C22H26N2O6. The number of benzene rings is 2. The highest BCUT2D eigenvalue weighted by atomic mass is 16.6. The fourth-order valence-corrected chi connectivity index (χ4v) is 4.05. The molecule has 0 amide bonds. The van der Waals surface area contributed by atoms with Crippen LogP contribution in [-0.4, -0.2) is 24.1 Å². The van der Waals surface area contributed by atoms with Crippen molar-refractivity contribution in [1.82, 2.24) is 0 Å². The quantitative estimate of drug-likeness (QED) is 0.536. The third-order valence-corrected chi connectivity index (χ3v) is 5.60. The number of nitro groups is 2. The van der Waals surface area contributed by atoms with E-state index < -0.39 is 11.0 Å². The number of aryl methyl sites for hydroxylation is 2.